The maximum absolute atomic E-state index is 13.0. The smallest absolute Gasteiger partial charge is 0.212 e. The predicted octanol–water partition coefficient (Wildman–Crippen LogP) is 1.89. The van der Waals surface area contributed by atoms with Crippen LogP contribution < -0.4 is 4.72 Å². The van der Waals surface area contributed by atoms with Crippen LogP contribution in [0.5, 0.6) is 0 Å². The molecule has 6 nitrogen and oxygen atoms in total. The van der Waals surface area contributed by atoms with Gasteiger partial charge in [-0.2, -0.15) is 5.10 Å². The average Bonchev–Trinajstić information content (AvgIpc) is 3.02. The SMILES string of the molecule is Cn1cc(CNS(=O)(=O)CC2CCN(Cc3ccc(F)cc3)CC2)cn1. The van der Waals surface area contributed by atoms with E-state index in [1.54, 1.807) is 36.3 Å². The number of aryl methyl sites for hydroxylation is 1. The van der Waals surface area contributed by atoms with Crippen molar-refractivity contribution in [3.05, 3.63) is 53.6 Å². The summed E-state index contributed by atoms with van der Waals surface area (Å²) in [7, 11) is -1.50. The number of hydrogen-bond donors (Lipinski definition) is 1. The summed E-state index contributed by atoms with van der Waals surface area (Å²) in [5, 5.41) is 4.04. The van der Waals surface area contributed by atoms with Gasteiger partial charge >= 0.3 is 0 Å². The molecule has 2 heterocycles. The van der Waals surface area contributed by atoms with Gasteiger partial charge in [0.25, 0.3) is 0 Å². The topological polar surface area (TPSA) is 67.2 Å². The highest BCUT2D eigenvalue weighted by Gasteiger charge is 2.24. The zero-order valence-corrected chi connectivity index (χ0v) is 15.8. The molecular formula is C18H25FN4O2S. The van der Waals surface area contributed by atoms with Crippen molar-refractivity contribution in [1.82, 2.24) is 19.4 Å². The third-order valence-electron chi connectivity index (χ3n) is 4.74. The highest BCUT2D eigenvalue weighted by molar-refractivity contribution is 7.89. The van der Waals surface area contributed by atoms with Crippen LogP contribution >= 0.6 is 0 Å². The third kappa shape index (κ3) is 5.62. The number of rotatable bonds is 7. The minimum atomic E-state index is -3.30. The lowest BCUT2D eigenvalue weighted by molar-refractivity contribution is 0.186. The Bertz CT molecular complexity index is 812. The van der Waals surface area contributed by atoms with Crippen LogP contribution in [0.15, 0.2) is 36.7 Å². The quantitative estimate of drug-likeness (QED) is 0.797. The Morgan fingerprint density at radius 2 is 1.88 bits per heavy atom. The lowest BCUT2D eigenvalue weighted by atomic mass is 9.98. The van der Waals surface area contributed by atoms with Gasteiger partial charge in [-0.1, -0.05) is 12.1 Å². The molecule has 1 N–H and O–H groups in total. The molecule has 0 radical (unpaired) electrons. The monoisotopic (exact) mass is 380 g/mol. The number of nitrogens with one attached hydrogen (secondary N) is 1. The first-order valence-electron chi connectivity index (χ1n) is 8.81. The molecule has 26 heavy (non-hydrogen) atoms. The molecule has 0 atom stereocenters. The van der Waals surface area contributed by atoms with E-state index in [1.165, 1.54) is 12.1 Å². The van der Waals surface area contributed by atoms with Crippen molar-refractivity contribution in [3.8, 4) is 0 Å². The van der Waals surface area contributed by atoms with Gasteiger partial charge in [-0.3, -0.25) is 9.58 Å². The van der Waals surface area contributed by atoms with Crippen LogP contribution in [0.4, 0.5) is 4.39 Å². The highest BCUT2D eigenvalue weighted by atomic mass is 32.2. The second-order valence-corrected chi connectivity index (χ2v) is 8.82. The maximum Gasteiger partial charge on any atom is 0.212 e. The lowest BCUT2D eigenvalue weighted by Crippen LogP contribution is -2.37. The first-order chi connectivity index (χ1) is 12.4. The molecule has 1 saturated heterocycles. The molecule has 1 aliphatic rings. The van der Waals surface area contributed by atoms with E-state index in [2.05, 4.69) is 14.7 Å². The van der Waals surface area contributed by atoms with Crippen molar-refractivity contribution in [2.75, 3.05) is 18.8 Å². The average molecular weight is 380 g/mol. The number of likely N-dealkylation sites (tertiary alicyclic amines) is 1. The molecule has 8 heteroatoms. The largest absolute Gasteiger partial charge is 0.299 e. The number of hydrogen-bond acceptors (Lipinski definition) is 4. The Hall–Kier alpha value is -1.77. The number of benzene rings is 1. The summed E-state index contributed by atoms with van der Waals surface area (Å²) >= 11 is 0. The Balaban J connectivity index is 1.43. The molecule has 0 aliphatic carbocycles. The molecular weight excluding hydrogens is 355 g/mol. The van der Waals surface area contributed by atoms with E-state index in [4.69, 9.17) is 0 Å². The Morgan fingerprint density at radius 1 is 1.19 bits per heavy atom. The van der Waals surface area contributed by atoms with E-state index in [9.17, 15) is 12.8 Å². The fourth-order valence-corrected chi connectivity index (χ4v) is 4.74. The van der Waals surface area contributed by atoms with Crippen LogP contribution in [0.1, 0.15) is 24.0 Å². The maximum atomic E-state index is 13.0. The number of halogens is 1. The van der Waals surface area contributed by atoms with Crippen LogP contribution in [-0.4, -0.2) is 41.9 Å². The molecule has 1 aliphatic heterocycles. The predicted molar refractivity (Wildman–Crippen MR) is 98.2 cm³/mol. The highest BCUT2D eigenvalue weighted by Crippen LogP contribution is 2.20. The van der Waals surface area contributed by atoms with Crippen LogP contribution in [-0.2, 0) is 30.2 Å². The van der Waals surface area contributed by atoms with Gasteiger partial charge in [0.1, 0.15) is 5.82 Å². The van der Waals surface area contributed by atoms with E-state index in [0.717, 1.165) is 43.6 Å². The number of aromatic nitrogens is 2. The molecule has 1 fully saturated rings. The van der Waals surface area contributed by atoms with Gasteiger partial charge in [0.2, 0.25) is 10.0 Å². The van der Waals surface area contributed by atoms with Crippen LogP contribution in [0.2, 0.25) is 0 Å². The van der Waals surface area contributed by atoms with Crippen molar-refractivity contribution >= 4 is 10.0 Å². The molecule has 3 rings (SSSR count). The van der Waals surface area contributed by atoms with Gasteiger partial charge in [0.15, 0.2) is 0 Å². The van der Waals surface area contributed by atoms with Crippen molar-refractivity contribution in [2.45, 2.75) is 25.9 Å². The van der Waals surface area contributed by atoms with Gasteiger partial charge in [-0.05, 0) is 49.5 Å². The second-order valence-electron chi connectivity index (χ2n) is 6.97. The summed E-state index contributed by atoms with van der Waals surface area (Å²) in [6.45, 7) is 2.78. The van der Waals surface area contributed by atoms with E-state index in [1.807, 2.05) is 0 Å². The van der Waals surface area contributed by atoms with E-state index in [-0.39, 0.29) is 24.0 Å². The van der Waals surface area contributed by atoms with Crippen LogP contribution in [0, 0.1) is 11.7 Å². The molecule has 0 amide bonds. The second kappa shape index (κ2) is 8.28. The standard InChI is InChI=1S/C18H25FN4O2S/c1-22-12-17(10-20-22)11-21-26(24,25)14-16-6-8-23(9-7-16)13-15-2-4-18(19)5-3-15/h2-5,10,12,16,21H,6-9,11,13-14H2,1H3. The summed E-state index contributed by atoms with van der Waals surface area (Å²) in [6, 6.07) is 6.55. The number of sulfonamides is 1. The van der Waals surface area contributed by atoms with Crippen molar-refractivity contribution in [2.24, 2.45) is 13.0 Å². The Labute approximate surface area is 154 Å². The Morgan fingerprint density at radius 3 is 2.50 bits per heavy atom. The summed E-state index contributed by atoms with van der Waals surface area (Å²) in [4.78, 5) is 2.29. The van der Waals surface area contributed by atoms with Gasteiger partial charge in [-0.15, -0.1) is 0 Å². The summed E-state index contributed by atoms with van der Waals surface area (Å²) in [5.74, 6) is 0.111. The summed E-state index contributed by atoms with van der Waals surface area (Å²) in [6.07, 6.45) is 5.18. The summed E-state index contributed by atoms with van der Waals surface area (Å²) < 4.78 is 41.9. The molecule has 1 aromatic heterocycles. The normalized spacial score (nSPS) is 16.8. The van der Waals surface area contributed by atoms with Gasteiger partial charge in [-0.25, -0.2) is 17.5 Å². The minimum absolute atomic E-state index is 0.164. The first kappa shape index (κ1) is 19.0. The Kier molecular flexibility index (Phi) is 6.05. The molecule has 1 aromatic carbocycles. The molecule has 0 unspecified atom stereocenters. The fraction of sp³-hybridized carbons (Fsp3) is 0.500. The minimum Gasteiger partial charge on any atom is -0.299 e. The number of piperidine rings is 1. The van der Waals surface area contributed by atoms with E-state index >= 15 is 0 Å². The van der Waals surface area contributed by atoms with Crippen LogP contribution in [0.3, 0.4) is 0 Å². The molecule has 0 saturated carbocycles. The van der Waals surface area contributed by atoms with Crippen molar-refractivity contribution < 1.29 is 12.8 Å². The fourth-order valence-electron chi connectivity index (χ4n) is 3.28. The summed E-state index contributed by atoms with van der Waals surface area (Å²) in [5.41, 5.74) is 1.93. The van der Waals surface area contributed by atoms with Crippen molar-refractivity contribution in [3.63, 3.8) is 0 Å². The third-order valence-corrected chi connectivity index (χ3v) is 6.23. The molecule has 2 aromatic rings. The molecule has 142 valence electrons. The zero-order chi connectivity index (χ0) is 18.6. The zero-order valence-electron chi connectivity index (χ0n) is 14.9. The molecule has 0 spiro atoms. The van der Waals surface area contributed by atoms with Crippen molar-refractivity contribution in [1.29, 1.82) is 0 Å². The molecule has 0 bridgehead atoms. The van der Waals surface area contributed by atoms with Crippen LogP contribution in [0.25, 0.3) is 0 Å². The first-order valence-corrected chi connectivity index (χ1v) is 10.5. The van der Waals surface area contributed by atoms with E-state index < -0.39 is 10.0 Å². The van der Waals surface area contributed by atoms with Gasteiger partial charge < -0.3 is 0 Å². The van der Waals surface area contributed by atoms with E-state index in [0.29, 0.717) is 0 Å². The van der Waals surface area contributed by atoms with Gasteiger partial charge in [0, 0.05) is 31.9 Å². The lowest BCUT2D eigenvalue weighted by Gasteiger charge is -2.31. The number of nitrogens with zero attached hydrogens (tertiary/aromatic N) is 3. The van der Waals surface area contributed by atoms with Gasteiger partial charge in [0.05, 0.1) is 11.9 Å².